The van der Waals surface area contributed by atoms with Crippen LogP contribution in [0.1, 0.15) is 35.1 Å². The van der Waals surface area contributed by atoms with Gasteiger partial charge in [-0.2, -0.15) is 26.3 Å². The number of alkyl halides is 6. The molecule has 0 unspecified atom stereocenters. The largest absolute Gasteiger partial charge is 0.494 e. The van der Waals surface area contributed by atoms with Gasteiger partial charge in [0.15, 0.2) is 5.60 Å². The molecule has 0 aliphatic carbocycles. The molecule has 0 saturated carbocycles. The first-order valence-electron chi connectivity index (χ1n) is 8.44. The number of allylic oxidation sites excluding steroid dienone is 1. The van der Waals surface area contributed by atoms with E-state index in [2.05, 4.69) is 0 Å². The van der Waals surface area contributed by atoms with Crippen LogP contribution in [0, 0.1) is 0 Å². The lowest BCUT2D eigenvalue weighted by Gasteiger charge is -2.33. The molecular formula is C20H16F6O2. The van der Waals surface area contributed by atoms with E-state index in [1.54, 1.807) is 6.08 Å². The van der Waals surface area contributed by atoms with Crippen LogP contribution in [0.2, 0.25) is 0 Å². The zero-order valence-electron chi connectivity index (χ0n) is 14.4. The fraction of sp³-hybridized carbons (Fsp3) is 0.300. The molecule has 150 valence electrons. The molecule has 2 aromatic carbocycles. The number of benzene rings is 2. The molecule has 2 aromatic rings. The number of rotatable bonds is 3. The predicted octanol–water partition coefficient (Wildman–Crippen LogP) is 5.65. The van der Waals surface area contributed by atoms with Gasteiger partial charge in [-0.15, -0.1) is 0 Å². The van der Waals surface area contributed by atoms with Crippen molar-refractivity contribution in [3.63, 3.8) is 0 Å². The van der Waals surface area contributed by atoms with Gasteiger partial charge in [0.05, 0.1) is 17.7 Å². The molecule has 3 rings (SSSR count). The molecule has 0 amide bonds. The maximum absolute atomic E-state index is 12.8. The zero-order valence-corrected chi connectivity index (χ0v) is 14.4. The molecule has 0 spiro atoms. The minimum Gasteiger partial charge on any atom is -0.494 e. The summed E-state index contributed by atoms with van der Waals surface area (Å²) in [5.41, 5.74) is -3.68. The highest BCUT2D eigenvalue weighted by Gasteiger charge is 2.40. The van der Waals surface area contributed by atoms with Crippen molar-refractivity contribution < 1.29 is 36.2 Å². The van der Waals surface area contributed by atoms with Gasteiger partial charge < -0.3 is 9.84 Å². The van der Waals surface area contributed by atoms with Crippen LogP contribution in [0.3, 0.4) is 0 Å². The normalized spacial score (nSPS) is 15.8. The summed E-state index contributed by atoms with van der Waals surface area (Å²) in [7, 11) is 0. The summed E-state index contributed by atoms with van der Waals surface area (Å²) in [5.74, 6) is 0.0817. The molecule has 28 heavy (non-hydrogen) atoms. The molecule has 0 saturated heterocycles. The molecule has 1 heterocycles. The maximum Gasteiger partial charge on any atom is 0.416 e. The van der Waals surface area contributed by atoms with Gasteiger partial charge in [-0.3, -0.25) is 0 Å². The zero-order chi connectivity index (χ0) is 20.6. The second-order valence-electron chi connectivity index (χ2n) is 6.42. The SMILES string of the molecule is OC(C1=CCCCO1)(c1ccc(C(F)(F)F)cc1)c1ccc(C(F)(F)F)cc1. The van der Waals surface area contributed by atoms with Gasteiger partial charge in [0.2, 0.25) is 0 Å². The minimum atomic E-state index is -4.55. The van der Waals surface area contributed by atoms with Crippen molar-refractivity contribution in [2.45, 2.75) is 30.8 Å². The van der Waals surface area contributed by atoms with Crippen molar-refractivity contribution >= 4 is 0 Å². The van der Waals surface area contributed by atoms with Gasteiger partial charge in [0.25, 0.3) is 0 Å². The van der Waals surface area contributed by atoms with Crippen LogP contribution in [-0.2, 0) is 22.7 Å². The molecule has 1 N–H and O–H groups in total. The quantitative estimate of drug-likeness (QED) is 0.672. The standard InChI is InChI=1S/C20H16F6O2/c21-19(22,23)15-8-4-13(5-9-15)18(27,17-3-1-2-12-28-17)14-6-10-16(11-7-14)20(24,25)26/h3-11,27H,1-2,12H2. The van der Waals surface area contributed by atoms with Gasteiger partial charge in [0, 0.05) is 0 Å². The van der Waals surface area contributed by atoms with Gasteiger partial charge in [0.1, 0.15) is 5.76 Å². The minimum absolute atomic E-state index is 0.0633. The third-order valence-corrected chi connectivity index (χ3v) is 4.55. The third-order valence-electron chi connectivity index (χ3n) is 4.55. The number of aliphatic hydroxyl groups is 1. The Bertz CT molecular complexity index is 791. The van der Waals surface area contributed by atoms with Crippen molar-refractivity contribution in [2.75, 3.05) is 6.61 Å². The number of halogens is 6. The fourth-order valence-corrected chi connectivity index (χ4v) is 3.06. The van der Waals surface area contributed by atoms with Crippen LogP contribution in [0.4, 0.5) is 26.3 Å². The lowest BCUT2D eigenvalue weighted by molar-refractivity contribution is -0.138. The second-order valence-corrected chi connectivity index (χ2v) is 6.42. The molecule has 0 radical (unpaired) electrons. The van der Waals surface area contributed by atoms with Crippen LogP contribution in [0.15, 0.2) is 60.4 Å². The summed E-state index contributed by atoms with van der Waals surface area (Å²) < 4.78 is 82.6. The predicted molar refractivity (Wildman–Crippen MR) is 89.2 cm³/mol. The smallest absolute Gasteiger partial charge is 0.416 e. The van der Waals surface area contributed by atoms with Crippen molar-refractivity contribution in [1.82, 2.24) is 0 Å². The molecular weight excluding hydrogens is 386 g/mol. The third kappa shape index (κ3) is 3.87. The fourth-order valence-electron chi connectivity index (χ4n) is 3.06. The summed E-state index contributed by atoms with van der Waals surface area (Å²) >= 11 is 0. The highest BCUT2D eigenvalue weighted by Crippen LogP contribution is 2.41. The number of hydrogen-bond donors (Lipinski definition) is 1. The molecule has 0 fully saturated rings. The Kier molecular flexibility index (Phi) is 5.18. The highest BCUT2D eigenvalue weighted by molar-refractivity contribution is 5.45. The second kappa shape index (κ2) is 7.16. The summed E-state index contributed by atoms with van der Waals surface area (Å²) in [4.78, 5) is 0. The van der Waals surface area contributed by atoms with Crippen LogP contribution in [0.25, 0.3) is 0 Å². The Hall–Kier alpha value is -2.48. The highest BCUT2D eigenvalue weighted by atomic mass is 19.4. The first-order chi connectivity index (χ1) is 13.0. The van der Waals surface area contributed by atoms with Crippen molar-refractivity contribution in [3.8, 4) is 0 Å². The van der Waals surface area contributed by atoms with Crippen LogP contribution in [0.5, 0.6) is 0 Å². The first-order valence-corrected chi connectivity index (χ1v) is 8.44. The maximum atomic E-state index is 12.8. The van der Waals surface area contributed by atoms with E-state index in [1.807, 2.05) is 0 Å². The number of ether oxygens (including phenoxy) is 1. The van der Waals surface area contributed by atoms with E-state index in [9.17, 15) is 31.4 Å². The van der Waals surface area contributed by atoms with E-state index in [0.717, 1.165) is 48.5 Å². The summed E-state index contributed by atoms with van der Waals surface area (Å²) in [6.07, 6.45) is -6.24. The van der Waals surface area contributed by atoms with E-state index >= 15 is 0 Å². The summed E-state index contributed by atoms with van der Waals surface area (Å²) in [6, 6.07) is 7.64. The van der Waals surface area contributed by atoms with Crippen LogP contribution < -0.4 is 0 Å². The van der Waals surface area contributed by atoms with Gasteiger partial charge in [-0.25, -0.2) is 0 Å². The molecule has 0 bridgehead atoms. The Balaban J connectivity index is 2.10. The molecule has 1 aliphatic heterocycles. The van der Waals surface area contributed by atoms with Crippen molar-refractivity contribution in [2.24, 2.45) is 0 Å². The Morgan fingerprint density at radius 1 is 0.679 bits per heavy atom. The van der Waals surface area contributed by atoms with E-state index in [-0.39, 0.29) is 23.5 Å². The Morgan fingerprint density at radius 2 is 1.07 bits per heavy atom. The van der Waals surface area contributed by atoms with Gasteiger partial charge in [-0.05, 0) is 54.3 Å². The molecule has 2 nitrogen and oxygen atoms in total. The Morgan fingerprint density at radius 3 is 1.39 bits per heavy atom. The Labute approximate surface area is 157 Å². The first kappa shape index (κ1) is 20.3. The van der Waals surface area contributed by atoms with E-state index in [1.165, 1.54) is 0 Å². The van der Waals surface area contributed by atoms with Gasteiger partial charge >= 0.3 is 12.4 Å². The van der Waals surface area contributed by atoms with Crippen LogP contribution in [-0.4, -0.2) is 11.7 Å². The van der Waals surface area contributed by atoms with E-state index in [0.29, 0.717) is 12.8 Å². The molecule has 0 aromatic heterocycles. The van der Waals surface area contributed by atoms with Gasteiger partial charge in [-0.1, -0.05) is 24.3 Å². The topological polar surface area (TPSA) is 29.5 Å². The summed E-state index contributed by atoms with van der Waals surface area (Å²) in [6.45, 7) is 0.287. The van der Waals surface area contributed by atoms with E-state index in [4.69, 9.17) is 4.74 Å². The lowest BCUT2D eigenvalue weighted by Crippen LogP contribution is -2.32. The van der Waals surface area contributed by atoms with E-state index < -0.39 is 29.1 Å². The average Bonchev–Trinajstić information content (AvgIpc) is 2.67. The summed E-state index contributed by atoms with van der Waals surface area (Å²) in [5, 5.41) is 11.4. The average molecular weight is 402 g/mol. The lowest BCUT2D eigenvalue weighted by atomic mass is 9.82. The monoisotopic (exact) mass is 402 g/mol. The van der Waals surface area contributed by atoms with Crippen molar-refractivity contribution in [3.05, 3.63) is 82.6 Å². The molecule has 1 aliphatic rings. The van der Waals surface area contributed by atoms with Crippen LogP contribution >= 0.6 is 0 Å². The number of hydrogen-bond acceptors (Lipinski definition) is 2. The van der Waals surface area contributed by atoms with Crippen molar-refractivity contribution in [1.29, 1.82) is 0 Å². The molecule has 8 heteroatoms. The molecule has 0 atom stereocenters.